The number of aromatic nitrogens is 3. The molecule has 1 saturated heterocycles. The van der Waals surface area contributed by atoms with Gasteiger partial charge in [-0.15, -0.1) is 0 Å². The Labute approximate surface area is 198 Å². The van der Waals surface area contributed by atoms with Crippen molar-refractivity contribution in [2.45, 2.75) is 76.7 Å². The first-order chi connectivity index (χ1) is 16.1. The van der Waals surface area contributed by atoms with Crippen LogP contribution in [0.4, 0.5) is 19.0 Å². The van der Waals surface area contributed by atoms with Gasteiger partial charge in [-0.2, -0.15) is 18.3 Å². The van der Waals surface area contributed by atoms with E-state index in [1.807, 2.05) is 10.7 Å². The van der Waals surface area contributed by atoms with Crippen LogP contribution in [0, 0.1) is 11.8 Å². The Balaban J connectivity index is 1.43. The Hall–Kier alpha value is -2.13. The van der Waals surface area contributed by atoms with Crippen molar-refractivity contribution in [2.75, 3.05) is 25.5 Å². The highest BCUT2D eigenvalue weighted by atomic mass is 19.4. The van der Waals surface area contributed by atoms with Crippen LogP contribution in [0.1, 0.15) is 69.7 Å². The van der Waals surface area contributed by atoms with E-state index >= 15 is 0 Å². The number of nitrogens with zero attached hydrogens (tertiary/aromatic N) is 4. The summed E-state index contributed by atoms with van der Waals surface area (Å²) in [6.45, 7) is 9.02. The standard InChI is InChI=1S/C25H34F3N5O/c1-14(2)33-22(11-21(31-33)19-10-20(25(26,27)28)24(29)30-12-19)18-8-16-4-5-17(9-18)23(16)32-6-7-34-13-15(32)3/h10-12,14-18,23H,4-9,13H2,1-3H3,(H2,29,30)/t15-,16?,17?,18?,23?/m0/s1. The average Bonchev–Trinajstić information content (AvgIpc) is 3.33. The molecular formula is C25H34F3N5O. The molecule has 2 saturated carbocycles. The number of hydrogen-bond acceptors (Lipinski definition) is 5. The van der Waals surface area contributed by atoms with E-state index in [1.165, 1.54) is 19.0 Å². The highest BCUT2D eigenvalue weighted by Gasteiger charge is 2.47. The molecular weight excluding hydrogens is 443 g/mol. The molecule has 0 spiro atoms. The molecule has 1 aliphatic heterocycles. The van der Waals surface area contributed by atoms with Gasteiger partial charge in [0, 0.05) is 48.0 Å². The molecule has 6 nitrogen and oxygen atoms in total. The Bertz CT molecular complexity index is 1020. The van der Waals surface area contributed by atoms with E-state index in [0.29, 0.717) is 41.1 Å². The summed E-state index contributed by atoms with van der Waals surface area (Å²) in [5.74, 6) is 1.13. The molecule has 3 atom stereocenters. The van der Waals surface area contributed by atoms with Gasteiger partial charge in [0.2, 0.25) is 0 Å². The van der Waals surface area contributed by atoms with Crippen molar-refractivity contribution in [1.29, 1.82) is 0 Å². The van der Waals surface area contributed by atoms with Gasteiger partial charge in [0.15, 0.2) is 0 Å². The summed E-state index contributed by atoms with van der Waals surface area (Å²) in [5, 5.41) is 4.74. The number of morpholine rings is 1. The summed E-state index contributed by atoms with van der Waals surface area (Å²) in [7, 11) is 0. The molecule has 2 aromatic heterocycles. The van der Waals surface area contributed by atoms with Crippen molar-refractivity contribution in [3.8, 4) is 11.3 Å². The third-order valence-electron chi connectivity index (χ3n) is 8.04. The van der Waals surface area contributed by atoms with Crippen LogP contribution in [-0.2, 0) is 10.9 Å². The third-order valence-corrected chi connectivity index (χ3v) is 8.04. The zero-order valence-corrected chi connectivity index (χ0v) is 20.1. The monoisotopic (exact) mass is 477 g/mol. The predicted molar refractivity (Wildman–Crippen MR) is 124 cm³/mol. The lowest BCUT2D eigenvalue weighted by atomic mass is 9.74. The number of anilines is 1. The molecule has 0 aromatic carbocycles. The van der Waals surface area contributed by atoms with E-state index in [1.54, 1.807) is 0 Å². The topological polar surface area (TPSA) is 69.2 Å². The molecule has 2 unspecified atom stereocenters. The van der Waals surface area contributed by atoms with E-state index in [9.17, 15) is 13.2 Å². The Morgan fingerprint density at radius 3 is 2.47 bits per heavy atom. The third kappa shape index (κ3) is 4.21. The normalized spacial score (nSPS) is 30.3. The predicted octanol–water partition coefficient (Wildman–Crippen LogP) is 5.12. The number of nitrogens with two attached hydrogens (primary N) is 1. The number of hydrogen-bond donors (Lipinski definition) is 1. The smallest absolute Gasteiger partial charge is 0.383 e. The number of halogens is 3. The van der Waals surface area contributed by atoms with Crippen LogP contribution in [0.3, 0.4) is 0 Å². The summed E-state index contributed by atoms with van der Waals surface area (Å²) in [6.07, 6.45) is 1.52. The van der Waals surface area contributed by atoms with Gasteiger partial charge in [-0.05, 0) is 70.4 Å². The van der Waals surface area contributed by atoms with Crippen molar-refractivity contribution >= 4 is 5.82 Å². The number of pyridine rings is 1. The van der Waals surface area contributed by atoms with Crippen LogP contribution in [0.15, 0.2) is 18.3 Å². The van der Waals surface area contributed by atoms with Crippen LogP contribution >= 0.6 is 0 Å². The van der Waals surface area contributed by atoms with Crippen LogP contribution in [0.5, 0.6) is 0 Å². The second-order valence-corrected chi connectivity index (χ2v) is 10.6. The number of ether oxygens (including phenoxy) is 1. The molecule has 2 aliphatic carbocycles. The second kappa shape index (κ2) is 8.82. The van der Waals surface area contributed by atoms with E-state index in [-0.39, 0.29) is 6.04 Å². The molecule has 5 rings (SSSR count). The Morgan fingerprint density at radius 1 is 1.15 bits per heavy atom. The van der Waals surface area contributed by atoms with Crippen molar-refractivity contribution in [3.05, 3.63) is 29.6 Å². The molecule has 9 heteroatoms. The fraction of sp³-hybridized carbons (Fsp3) is 0.680. The number of fused-ring (bicyclic) bond motifs is 2. The molecule has 0 amide bonds. The summed E-state index contributed by atoms with van der Waals surface area (Å²) in [6, 6.07) is 4.23. The van der Waals surface area contributed by atoms with Gasteiger partial charge in [-0.1, -0.05) is 0 Å². The largest absolute Gasteiger partial charge is 0.419 e. The summed E-state index contributed by atoms with van der Waals surface area (Å²) >= 11 is 0. The lowest BCUT2D eigenvalue weighted by molar-refractivity contribution is -0.137. The molecule has 2 N–H and O–H groups in total. The minimum atomic E-state index is -4.55. The van der Waals surface area contributed by atoms with Crippen LogP contribution in [0.25, 0.3) is 11.3 Å². The zero-order valence-electron chi connectivity index (χ0n) is 20.1. The summed E-state index contributed by atoms with van der Waals surface area (Å²) in [5.41, 5.74) is 6.59. The zero-order chi connectivity index (χ0) is 24.2. The maximum Gasteiger partial charge on any atom is 0.419 e. The van der Waals surface area contributed by atoms with Crippen molar-refractivity contribution in [2.24, 2.45) is 11.8 Å². The first-order valence-corrected chi connectivity index (χ1v) is 12.4. The SMILES string of the molecule is CC(C)n1nc(-c2cnc(N)c(C(F)(F)F)c2)cc1C1CC2CCC(C1)C2N1CCOC[C@@H]1C. The Kier molecular flexibility index (Phi) is 6.13. The van der Waals surface area contributed by atoms with E-state index < -0.39 is 17.6 Å². The minimum Gasteiger partial charge on any atom is -0.383 e. The van der Waals surface area contributed by atoms with Crippen molar-refractivity contribution < 1.29 is 17.9 Å². The average molecular weight is 478 g/mol. The van der Waals surface area contributed by atoms with Crippen LogP contribution < -0.4 is 5.73 Å². The summed E-state index contributed by atoms with van der Waals surface area (Å²) in [4.78, 5) is 6.49. The number of nitrogen functional groups attached to an aromatic ring is 1. The molecule has 3 heterocycles. The molecule has 2 bridgehead atoms. The van der Waals surface area contributed by atoms with E-state index in [0.717, 1.165) is 44.4 Å². The molecule has 0 radical (unpaired) electrons. The van der Waals surface area contributed by atoms with Crippen molar-refractivity contribution in [1.82, 2.24) is 19.7 Å². The quantitative estimate of drug-likeness (QED) is 0.662. The molecule has 2 aromatic rings. The fourth-order valence-corrected chi connectivity index (χ4v) is 6.57. The lowest BCUT2D eigenvalue weighted by Gasteiger charge is -2.46. The van der Waals surface area contributed by atoms with Gasteiger partial charge in [0.25, 0.3) is 0 Å². The number of rotatable bonds is 4. The van der Waals surface area contributed by atoms with Crippen molar-refractivity contribution in [3.63, 3.8) is 0 Å². The van der Waals surface area contributed by atoms with Crippen LogP contribution in [-0.4, -0.2) is 51.5 Å². The van der Waals surface area contributed by atoms with Gasteiger partial charge < -0.3 is 10.5 Å². The summed E-state index contributed by atoms with van der Waals surface area (Å²) < 4.78 is 47.9. The van der Waals surface area contributed by atoms with Gasteiger partial charge in [0.05, 0.1) is 24.5 Å². The molecule has 3 fully saturated rings. The van der Waals surface area contributed by atoms with Gasteiger partial charge in [-0.3, -0.25) is 9.58 Å². The Morgan fingerprint density at radius 2 is 1.85 bits per heavy atom. The van der Waals surface area contributed by atoms with Gasteiger partial charge >= 0.3 is 6.18 Å². The van der Waals surface area contributed by atoms with E-state index in [2.05, 4.69) is 30.7 Å². The number of alkyl halides is 3. The van der Waals surface area contributed by atoms with Crippen LogP contribution in [0.2, 0.25) is 0 Å². The van der Waals surface area contributed by atoms with E-state index in [4.69, 9.17) is 15.6 Å². The maximum absolute atomic E-state index is 13.4. The fourth-order valence-electron chi connectivity index (χ4n) is 6.57. The lowest BCUT2D eigenvalue weighted by Crippen LogP contribution is -2.54. The highest BCUT2D eigenvalue weighted by molar-refractivity contribution is 5.62. The first-order valence-electron chi connectivity index (χ1n) is 12.4. The molecule has 3 aliphatic rings. The molecule has 34 heavy (non-hydrogen) atoms. The van der Waals surface area contributed by atoms with Gasteiger partial charge in [0.1, 0.15) is 5.82 Å². The second-order valence-electron chi connectivity index (χ2n) is 10.6. The van der Waals surface area contributed by atoms with Gasteiger partial charge in [-0.25, -0.2) is 4.98 Å². The molecule has 186 valence electrons. The highest BCUT2D eigenvalue weighted by Crippen LogP contribution is 2.51. The maximum atomic E-state index is 13.4. The minimum absolute atomic E-state index is 0.113. The first kappa shape index (κ1) is 23.6.